The molecule has 0 amide bonds. The van der Waals surface area contributed by atoms with Crippen molar-refractivity contribution in [3.8, 4) is 17.6 Å². The number of hydrogen-bond donors (Lipinski definition) is 1. The van der Waals surface area contributed by atoms with Gasteiger partial charge in [-0.05, 0) is 36.2 Å². The van der Waals surface area contributed by atoms with Crippen molar-refractivity contribution in [2.24, 2.45) is 0 Å². The van der Waals surface area contributed by atoms with Crippen LogP contribution in [0.1, 0.15) is 40.7 Å². The SMILES string of the molecule is COc1c(NS(C)(=O)=O)ccc2c1C(=O)CC1(CCN(CCc3ccc(C#N)cc3)CC1)O2. The van der Waals surface area contributed by atoms with E-state index in [1.165, 1.54) is 12.7 Å². The second-order valence-corrected chi connectivity index (χ2v) is 10.4. The fourth-order valence-corrected chi connectivity index (χ4v) is 5.11. The van der Waals surface area contributed by atoms with Crippen LogP contribution in [-0.4, -0.2) is 57.7 Å². The van der Waals surface area contributed by atoms with E-state index in [4.69, 9.17) is 14.7 Å². The molecule has 1 saturated heterocycles. The molecule has 2 aliphatic rings. The second kappa shape index (κ2) is 9.04. The summed E-state index contributed by atoms with van der Waals surface area (Å²) in [7, 11) is -2.11. The average molecular weight is 470 g/mol. The van der Waals surface area contributed by atoms with Crippen molar-refractivity contribution in [2.75, 3.05) is 37.7 Å². The summed E-state index contributed by atoms with van der Waals surface area (Å²) in [6.07, 6.45) is 3.65. The molecule has 9 heteroatoms. The molecule has 0 radical (unpaired) electrons. The average Bonchev–Trinajstić information content (AvgIpc) is 2.78. The summed E-state index contributed by atoms with van der Waals surface area (Å²) in [5, 5.41) is 8.92. The Bertz CT molecular complexity index is 1190. The van der Waals surface area contributed by atoms with Crippen molar-refractivity contribution in [1.29, 1.82) is 5.26 Å². The lowest BCUT2D eigenvalue weighted by Crippen LogP contribution is -2.51. The maximum absolute atomic E-state index is 13.1. The minimum atomic E-state index is -3.52. The van der Waals surface area contributed by atoms with E-state index in [0.717, 1.165) is 45.2 Å². The molecule has 0 bridgehead atoms. The van der Waals surface area contributed by atoms with E-state index in [-0.39, 0.29) is 23.6 Å². The Balaban J connectivity index is 1.43. The number of carbonyl (C=O) groups excluding carboxylic acids is 1. The number of likely N-dealkylation sites (tertiary alicyclic amines) is 1. The summed E-state index contributed by atoms with van der Waals surface area (Å²) >= 11 is 0. The van der Waals surface area contributed by atoms with Gasteiger partial charge in [0.2, 0.25) is 10.0 Å². The lowest BCUT2D eigenvalue weighted by Gasteiger charge is -2.44. The minimum absolute atomic E-state index is 0.101. The van der Waals surface area contributed by atoms with Crippen LogP contribution < -0.4 is 14.2 Å². The quantitative estimate of drug-likeness (QED) is 0.693. The molecule has 33 heavy (non-hydrogen) atoms. The zero-order valence-corrected chi connectivity index (χ0v) is 19.6. The van der Waals surface area contributed by atoms with Gasteiger partial charge in [-0.1, -0.05) is 12.1 Å². The van der Waals surface area contributed by atoms with Crippen LogP contribution in [0.2, 0.25) is 0 Å². The first-order valence-electron chi connectivity index (χ1n) is 10.8. The van der Waals surface area contributed by atoms with Crippen molar-refractivity contribution in [1.82, 2.24) is 4.90 Å². The number of carbonyl (C=O) groups is 1. The number of rotatable bonds is 6. The number of hydrogen-bond acceptors (Lipinski definition) is 7. The van der Waals surface area contributed by atoms with Gasteiger partial charge in [0, 0.05) is 32.5 Å². The first-order chi connectivity index (χ1) is 15.7. The van der Waals surface area contributed by atoms with E-state index in [1.807, 2.05) is 24.3 Å². The zero-order valence-electron chi connectivity index (χ0n) is 18.8. The van der Waals surface area contributed by atoms with Crippen molar-refractivity contribution < 1.29 is 22.7 Å². The number of ether oxygens (including phenoxy) is 2. The normalized spacial score (nSPS) is 17.7. The number of Topliss-reactive ketones (excluding diaryl/α,β-unsaturated/α-hetero) is 1. The highest BCUT2D eigenvalue weighted by Crippen LogP contribution is 2.45. The van der Waals surface area contributed by atoms with E-state index < -0.39 is 15.6 Å². The van der Waals surface area contributed by atoms with Crippen LogP contribution in [-0.2, 0) is 16.4 Å². The number of methoxy groups -OCH3 is 1. The first kappa shape index (κ1) is 23.1. The van der Waals surface area contributed by atoms with Crippen molar-refractivity contribution in [3.63, 3.8) is 0 Å². The summed E-state index contributed by atoms with van der Waals surface area (Å²) < 4.78 is 37.5. The van der Waals surface area contributed by atoms with Crippen LogP contribution in [0.4, 0.5) is 5.69 Å². The highest BCUT2D eigenvalue weighted by atomic mass is 32.2. The highest BCUT2D eigenvalue weighted by molar-refractivity contribution is 7.92. The van der Waals surface area contributed by atoms with Crippen LogP contribution in [0, 0.1) is 11.3 Å². The summed E-state index contributed by atoms with van der Waals surface area (Å²) in [5.41, 5.74) is 1.82. The van der Waals surface area contributed by atoms with Crippen LogP contribution >= 0.6 is 0 Å². The van der Waals surface area contributed by atoms with Gasteiger partial charge in [-0.3, -0.25) is 9.52 Å². The molecule has 2 aromatic rings. The van der Waals surface area contributed by atoms with Gasteiger partial charge in [-0.25, -0.2) is 8.42 Å². The number of nitrogens with zero attached hydrogens (tertiary/aromatic N) is 2. The first-order valence-corrected chi connectivity index (χ1v) is 12.7. The van der Waals surface area contributed by atoms with Crippen molar-refractivity contribution in [2.45, 2.75) is 31.3 Å². The fourth-order valence-electron chi connectivity index (χ4n) is 4.55. The topological polar surface area (TPSA) is 109 Å². The molecule has 1 N–H and O–H groups in total. The lowest BCUT2D eigenvalue weighted by atomic mass is 9.82. The molecule has 0 aromatic heterocycles. The van der Waals surface area contributed by atoms with Gasteiger partial charge in [0.1, 0.15) is 16.9 Å². The molecule has 0 saturated carbocycles. The second-order valence-electron chi connectivity index (χ2n) is 8.68. The largest absolute Gasteiger partial charge is 0.494 e. The molecule has 0 unspecified atom stereocenters. The van der Waals surface area contributed by atoms with Gasteiger partial charge in [0.05, 0.1) is 37.1 Å². The molecule has 2 aliphatic heterocycles. The molecule has 174 valence electrons. The maximum atomic E-state index is 13.1. The van der Waals surface area contributed by atoms with E-state index >= 15 is 0 Å². The maximum Gasteiger partial charge on any atom is 0.229 e. The Hall–Kier alpha value is -3.09. The Morgan fingerprint density at radius 2 is 1.88 bits per heavy atom. The molecule has 8 nitrogen and oxygen atoms in total. The zero-order chi connectivity index (χ0) is 23.6. The number of anilines is 1. The number of nitriles is 1. The Morgan fingerprint density at radius 1 is 1.18 bits per heavy atom. The fraction of sp³-hybridized carbons (Fsp3) is 0.417. The van der Waals surface area contributed by atoms with E-state index in [2.05, 4.69) is 15.7 Å². The summed E-state index contributed by atoms with van der Waals surface area (Å²) in [6.45, 7) is 2.55. The van der Waals surface area contributed by atoms with Gasteiger partial charge in [-0.2, -0.15) is 5.26 Å². The van der Waals surface area contributed by atoms with Crippen LogP contribution in [0.5, 0.6) is 11.5 Å². The van der Waals surface area contributed by atoms with Crippen LogP contribution in [0.25, 0.3) is 0 Å². The third kappa shape index (κ3) is 5.13. The van der Waals surface area contributed by atoms with Crippen molar-refractivity contribution in [3.05, 3.63) is 53.1 Å². The standard InChI is InChI=1S/C24H27N3O5S/c1-31-23-19(26-33(2,29)30)7-8-21-22(23)20(28)15-24(32-21)10-13-27(14-11-24)12-9-17-3-5-18(16-25)6-4-17/h3-8,26H,9-15H2,1-2H3. The number of ketones is 1. The summed E-state index contributed by atoms with van der Waals surface area (Å²) in [4.78, 5) is 15.5. The molecular formula is C24H27N3O5S. The Labute approximate surface area is 194 Å². The van der Waals surface area contributed by atoms with Crippen LogP contribution in [0.15, 0.2) is 36.4 Å². The number of sulfonamides is 1. The molecule has 0 aliphatic carbocycles. The van der Waals surface area contributed by atoms with Gasteiger partial charge >= 0.3 is 0 Å². The molecule has 2 heterocycles. The molecular weight excluding hydrogens is 442 g/mol. The van der Waals surface area contributed by atoms with E-state index in [1.54, 1.807) is 12.1 Å². The Kier molecular flexibility index (Phi) is 6.32. The molecule has 0 atom stereocenters. The molecule has 4 rings (SSSR count). The lowest BCUT2D eigenvalue weighted by molar-refractivity contribution is -0.00895. The van der Waals surface area contributed by atoms with Gasteiger partial charge in [0.25, 0.3) is 0 Å². The molecule has 2 aromatic carbocycles. The molecule has 1 spiro atoms. The monoisotopic (exact) mass is 469 g/mol. The third-order valence-electron chi connectivity index (χ3n) is 6.27. The summed E-state index contributed by atoms with van der Waals surface area (Å²) in [6, 6.07) is 13.0. The Morgan fingerprint density at radius 3 is 2.48 bits per heavy atom. The van der Waals surface area contributed by atoms with Gasteiger partial charge in [0.15, 0.2) is 11.5 Å². The predicted molar refractivity (Wildman–Crippen MR) is 124 cm³/mol. The van der Waals surface area contributed by atoms with Gasteiger partial charge < -0.3 is 14.4 Å². The smallest absolute Gasteiger partial charge is 0.229 e. The minimum Gasteiger partial charge on any atom is -0.494 e. The molecule has 1 fully saturated rings. The predicted octanol–water partition coefficient (Wildman–Crippen LogP) is 2.98. The van der Waals surface area contributed by atoms with Gasteiger partial charge in [-0.15, -0.1) is 0 Å². The summed E-state index contributed by atoms with van der Waals surface area (Å²) in [5.74, 6) is 0.530. The number of nitrogens with one attached hydrogen (secondary N) is 1. The number of benzene rings is 2. The third-order valence-corrected chi connectivity index (χ3v) is 6.86. The van der Waals surface area contributed by atoms with E-state index in [0.29, 0.717) is 16.9 Å². The van der Waals surface area contributed by atoms with Crippen molar-refractivity contribution >= 4 is 21.5 Å². The van der Waals surface area contributed by atoms with Crippen LogP contribution in [0.3, 0.4) is 0 Å². The number of fused-ring (bicyclic) bond motifs is 1. The van der Waals surface area contributed by atoms with E-state index in [9.17, 15) is 13.2 Å². The highest BCUT2D eigenvalue weighted by Gasteiger charge is 2.44. The number of piperidine rings is 1.